The Morgan fingerprint density at radius 2 is 1.52 bits per heavy atom. The number of fused-ring (bicyclic) bond motifs is 2. The zero-order valence-electron chi connectivity index (χ0n) is 12.4. The van der Waals surface area contributed by atoms with Gasteiger partial charge in [0, 0.05) is 0 Å². The van der Waals surface area contributed by atoms with Crippen molar-refractivity contribution in [2.45, 2.75) is 0 Å². The lowest BCUT2D eigenvalue weighted by Crippen LogP contribution is -1.97. The third kappa shape index (κ3) is 2.17. The topological polar surface area (TPSA) is 125 Å². The van der Waals surface area contributed by atoms with Crippen molar-refractivity contribution in [2.24, 2.45) is 0 Å². The summed E-state index contributed by atoms with van der Waals surface area (Å²) < 4.78 is 4.63. The van der Waals surface area contributed by atoms with Crippen molar-refractivity contribution in [3.63, 3.8) is 0 Å². The van der Waals surface area contributed by atoms with Gasteiger partial charge in [-0.05, 0) is 27.0 Å². The SMILES string of the molecule is O=[N+]([O-])c1cc([N+](=O)[O-])c2nonc2c1-c1ccc2cccccc1-2. The van der Waals surface area contributed by atoms with Crippen molar-refractivity contribution in [2.75, 3.05) is 0 Å². The van der Waals surface area contributed by atoms with Crippen molar-refractivity contribution >= 4 is 22.4 Å². The van der Waals surface area contributed by atoms with E-state index in [9.17, 15) is 20.2 Å². The van der Waals surface area contributed by atoms with Crippen LogP contribution in [0.2, 0.25) is 0 Å². The van der Waals surface area contributed by atoms with Gasteiger partial charge in [-0.25, -0.2) is 4.63 Å². The molecule has 0 saturated heterocycles. The molecule has 0 N–H and O–H groups in total. The fourth-order valence-corrected chi connectivity index (χ4v) is 2.89. The summed E-state index contributed by atoms with van der Waals surface area (Å²) in [6.45, 7) is 0. The molecule has 2 aromatic rings. The first kappa shape index (κ1) is 14.7. The Morgan fingerprint density at radius 3 is 2.28 bits per heavy atom. The van der Waals surface area contributed by atoms with Crippen LogP contribution in [0, 0.1) is 20.2 Å². The third-order valence-corrected chi connectivity index (χ3v) is 3.95. The van der Waals surface area contributed by atoms with E-state index < -0.39 is 21.2 Å². The summed E-state index contributed by atoms with van der Waals surface area (Å²) in [4.78, 5) is 21.4. The minimum Gasteiger partial charge on any atom is -0.258 e. The standard InChI is InChI=1S/C16H8N4O5/c21-19(22)12-8-13(20(23)24)15-16(18-25-17-15)14(12)11-7-6-9-4-2-1-3-5-10(9)11/h1-8H. The number of rotatable bonds is 3. The van der Waals surface area contributed by atoms with E-state index in [1.807, 2.05) is 30.3 Å². The summed E-state index contributed by atoms with van der Waals surface area (Å²) in [5.74, 6) is 0. The second-order valence-electron chi connectivity index (χ2n) is 5.29. The molecule has 1 aromatic heterocycles. The van der Waals surface area contributed by atoms with Crippen LogP contribution in [0.25, 0.3) is 33.3 Å². The normalized spacial score (nSPS) is 11.0. The van der Waals surface area contributed by atoms with Crippen LogP contribution in [0.3, 0.4) is 0 Å². The lowest BCUT2D eigenvalue weighted by atomic mass is 9.98. The number of nitro groups is 2. The van der Waals surface area contributed by atoms with Gasteiger partial charge in [0.1, 0.15) is 0 Å². The zero-order valence-corrected chi connectivity index (χ0v) is 12.4. The summed E-state index contributed by atoms with van der Waals surface area (Å²) in [5.41, 5.74) is 1.23. The minimum absolute atomic E-state index is 0.0140. The van der Waals surface area contributed by atoms with Crippen molar-refractivity contribution < 1.29 is 14.5 Å². The molecule has 0 fully saturated rings. The molecule has 1 aromatic carbocycles. The zero-order chi connectivity index (χ0) is 17.6. The van der Waals surface area contributed by atoms with Gasteiger partial charge < -0.3 is 0 Å². The molecule has 0 saturated carbocycles. The number of benzene rings is 1. The quantitative estimate of drug-likeness (QED) is 0.411. The number of aromatic nitrogens is 2. The van der Waals surface area contributed by atoms with Crippen LogP contribution in [-0.4, -0.2) is 20.2 Å². The average molecular weight is 336 g/mol. The number of hydrogen-bond donors (Lipinski definition) is 0. The van der Waals surface area contributed by atoms with Crippen molar-refractivity contribution in [3.8, 4) is 22.3 Å². The predicted molar refractivity (Wildman–Crippen MR) is 87.2 cm³/mol. The first-order chi connectivity index (χ1) is 12.1. The molecule has 4 rings (SSSR count). The van der Waals surface area contributed by atoms with Gasteiger partial charge in [-0.15, -0.1) is 0 Å². The van der Waals surface area contributed by atoms with E-state index >= 15 is 0 Å². The molecular formula is C16H8N4O5. The van der Waals surface area contributed by atoms with Gasteiger partial charge in [0.25, 0.3) is 5.69 Å². The second-order valence-corrected chi connectivity index (χ2v) is 5.29. The molecule has 0 unspecified atom stereocenters. The van der Waals surface area contributed by atoms with Crippen LogP contribution in [-0.2, 0) is 0 Å². The van der Waals surface area contributed by atoms with E-state index in [0.717, 1.165) is 17.2 Å². The Bertz CT molecular complexity index is 1120. The molecule has 1 heterocycles. The maximum absolute atomic E-state index is 11.6. The fraction of sp³-hybridized carbons (Fsp3) is 0. The second kappa shape index (κ2) is 5.34. The third-order valence-electron chi connectivity index (χ3n) is 3.95. The highest BCUT2D eigenvalue weighted by Gasteiger charge is 2.31. The van der Waals surface area contributed by atoms with Gasteiger partial charge in [0.2, 0.25) is 5.52 Å². The van der Waals surface area contributed by atoms with Crippen LogP contribution < -0.4 is 0 Å². The molecule has 2 aliphatic carbocycles. The predicted octanol–water partition coefficient (Wildman–Crippen LogP) is 3.81. The van der Waals surface area contributed by atoms with E-state index in [4.69, 9.17) is 0 Å². The molecule has 122 valence electrons. The highest BCUT2D eigenvalue weighted by atomic mass is 16.6. The van der Waals surface area contributed by atoms with Gasteiger partial charge in [-0.3, -0.25) is 20.2 Å². The summed E-state index contributed by atoms with van der Waals surface area (Å²) in [5, 5.41) is 30.0. The van der Waals surface area contributed by atoms with Crippen molar-refractivity contribution in [1.82, 2.24) is 10.3 Å². The average Bonchev–Trinajstić information content (AvgIpc) is 3.14. The smallest absolute Gasteiger partial charge is 0.258 e. The maximum atomic E-state index is 11.6. The summed E-state index contributed by atoms with van der Waals surface area (Å²) in [6, 6.07) is 13.6. The monoisotopic (exact) mass is 336 g/mol. The Labute approximate surface area is 139 Å². The molecule has 9 heteroatoms. The molecule has 2 aliphatic rings. The highest BCUT2D eigenvalue weighted by Crippen LogP contribution is 2.44. The van der Waals surface area contributed by atoms with Crippen LogP contribution in [0.5, 0.6) is 0 Å². The number of nitrogens with zero attached hydrogens (tertiary/aromatic N) is 4. The van der Waals surface area contributed by atoms with Crippen molar-refractivity contribution in [3.05, 3.63) is 68.8 Å². The van der Waals surface area contributed by atoms with E-state index in [1.54, 1.807) is 12.1 Å². The van der Waals surface area contributed by atoms with Gasteiger partial charge in [0.15, 0.2) is 5.52 Å². The van der Waals surface area contributed by atoms with Crippen LogP contribution >= 0.6 is 0 Å². The molecule has 0 aliphatic heterocycles. The molecule has 9 nitrogen and oxygen atoms in total. The fourth-order valence-electron chi connectivity index (χ4n) is 2.89. The molecule has 0 atom stereocenters. The summed E-state index contributed by atoms with van der Waals surface area (Å²) in [6.07, 6.45) is 0. The van der Waals surface area contributed by atoms with E-state index in [1.165, 1.54) is 0 Å². The molecule has 0 bridgehead atoms. The Morgan fingerprint density at radius 1 is 0.800 bits per heavy atom. The molecule has 0 spiro atoms. The lowest BCUT2D eigenvalue weighted by Gasteiger charge is -2.04. The van der Waals surface area contributed by atoms with Gasteiger partial charge in [-0.2, -0.15) is 0 Å². The first-order valence-corrected chi connectivity index (χ1v) is 7.14. The van der Waals surface area contributed by atoms with Gasteiger partial charge in [0.05, 0.1) is 21.5 Å². The molecule has 0 radical (unpaired) electrons. The molecular weight excluding hydrogens is 328 g/mol. The number of hydrogen-bond acceptors (Lipinski definition) is 7. The van der Waals surface area contributed by atoms with E-state index in [-0.39, 0.29) is 16.6 Å². The van der Waals surface area contributed by atoms with Gasteiger partial charge in [-0.1, -0.05) is 42.5 Å². The van der Waals surface area contributed by atoms with Crippen LogP contribution in [0.4, 0.5) is 11.4 Å². The van der Waals surface area contributed by atoms with Crippen LogP contribution in [0.15, 0.2) is 53.2 Å². The van der Waals surface area contributed by atoms with Gasteiger partial charge >= 0.3 is 5.69 Å². The minimum atomic E-state index is -0.744. The van der Waals surface area contributed by atoms with Crippen molar-refractivity contribution in [1.29, 1.82) is 0 Å². The largest absolute Gasteiger partial charge is 0.307 e. The lowest BCUT2D eigenvalue weighted by molar-refractivity contribution is -0.392. The van der Waals surface area contributed by atoms with E-state index in [0.29, 0.717) is 5.56 Å². The highest BCUT2D eigenvalue weighted by molar-refractivity contribution is 6.05. The molecule has 25 heavy (non-hydrogen) atoms. The number of non-ortho nitro benzene ring substituents is 1. The van der Waals surface area contributed by atoms with Crippen LogP contribution in [0.1, 0.15) is 0 Å². The molecule has 0 amide bonds. The van der Waals surface area contributed by atoms with E-state index in [2.05, 4.69) is 14.9 Å². The maximum Gasteiger partial charge on any atom is 0.307 e. The Hall–Kier alpha value is -3.88. The first-order valence-electron chi connectivity index (χ1n) is 7.14. The Kier molecular flexibility index (Phi) is 3.14. The number of nitro benzene ring substituents is 2. The summed E-state index contributed by atoms with van der Waals surface area (Å²) >= 11 is 0. The summed E-state index contributed by atoms with van der Waals surface area (Å²) in [7, 11) is 0. The Balaban J connectivity index is 2.13.